The predicted octanol–water partition coefficient (Wildman–Crippen LogP) is -1.03. The van der Waals surface area contributed by atoms with Crippen LogP contribution in [0, 0.1) is 0 Å². The van der Waals surface area contributed by atoms with Crippen LogP contribution in [0.4, 0.5) is 0 Å². The average Bonchev–Trinajstić information content (AvgIpc) is 2.11. The summed E-state index contributed by atoms with van der Waals surface area (Å²) in [4.78, 5) is 10.6. The summed E-state index contributed by atoms with van der Waals surface area (Å²) in [7, 11) is 0. The molecule has 0 aromatic carbocycles. The van der Waals surface area contributed by atoms with Crippen molar-refractivity contribution >= 4 is 5.91 Å². The van der Waals surface area contributed by atoms with E-state index < -0.39 is 11.8 Å². The lowest BCUT2D eigenvalue weighted by Gasteiger charge is -2.22. The molecule has 4 heteroatoms. The van der Waals surface area contributed by atoms with Crippen molar-refractivity contribution in [1.29, 1.82) is 0 Å². The van der Waals surface area contributed by atoms with Gasteiger partial charge in [0.05, 0.1) is 6.04 Å². The predicted molar refractivity (Wildman–Crippen MR) is 34.0 cm³/mol. The van der Waals surface area contributed by atoms with Gasteiger partial charge in [0, 0.05) is 6.42 Å². The van der Waals surface area contributed by atoms with E-state index >= 15 is 0 Å². The molecule has 0 saturated carbocycles. The maximum absolute atomic E-state index is 10.6. The molecule has 1 rings (SSSR count). The van der Waals surface area contributed by atoms with E-state index in [0.717, 1.165) is 0 Å². The molecule has 1 saturated heterocycles. The Labute approximate surface area is 58.9 Å². The lowest BCUT2D eigenvalue weighted by Crippen LogP contribution is -2.46. The molecular weight excluding hydrogens is 134 g/mol. The minimum atomic E-state index is -1.77. The molecule has 1 aliphatic rings. The maximum Gasteiger partial charge on any atom is 0.220 e. The van der Waals surface area contributed by atoms with Gasteiger partial charge in [0.25, 0.3) is 0 Å². The standard InChI is InChI=1S/C6H11NO3/c1-6(9,10)4-2-3-5(8)7-4/h4,9-10H,2-3H2,1H3,(H,7,8). The summed E-state index contributed by atoms with van der Waals surface area (Å²) in [6.45, 7) is 1.27. The summed E-state index contributed by atoms with van der Waals surface area (Å²) in [6.07, 6.45) is 0.893. The molecule has 0 bridgehead atoms. The van der Waals surface area contributed by atoms with Gasteiger partial charge in [-0.3, -0.25) is 4.79 Å². The van der Waals surface area contributed by atoms with Gasteiger partial charge in [0.15, 0.2) is 5.79 Å². The Balaban J connectivity index is 2.53. The number of hydrogen-bond donors (Lipinski definition) is 3. The van der Waals surface area contributed by atoms with Crippen LogP contribution in [-0.2, 0) is 4.79 Å². The Hall–Kier alpha value is -0.610. The molecule has 0 radical (unpaired) electrons. The molecule has 0 spiro atoms. The second-order valence-electron chi connectivity index (χ2n) is 2.75. The Morgan fingerprint density at radius 1 is 1.70 bits per heavy atom. The van der Waals surface area contributed by atoms with Crippen LogP contribution >= 0.6 is 0 Å². The van der Waals surface area contributed by atoms with Crippen molar-refractivity contribution in [3.63, 3.8) is 0 Å². The van der Waals surface area contributed by atoms with Crippen molar-refractivity contribution in [2.45, 2.75) is 31.6 Å². The van der Waals surface area contributed by atoms with Crippen LogP contribution in [0.2, 0.25) is 0 Å². The Morgan fingerprint density at radius 2 is 2.30 bits per heavy atom. The van der Waals surface area contributed by atoms with Crippen LogP contribution in [0.25, 0.3) is 0 Å². The minimum absolute atomic E-state index is 0.112. The van der Waals surface area contributed by atoms with Crippen molar-refractivity contribution < 1.29 is 15.0 Å². The van der Waals surface area contributed by atoms with Crippen molar-refractivity contribution in [3.8, 4) is 0 Å². The summed E-state index contributed by atoms with van der Waals surface area (Å²) in [5, 5.41) is 20.4. The van der Waals surface area contributed by atoms with E-state index in [1.165, 1.54) is 6.92 Å². The van der Waals surface area contributed by atoms with Gasteiger partial charge < -0.3 is 15.5 Å². The Kier molecular flexibility index (Phi) is 1.66. The maximum atomic E-state index is 10.6. The van der Waals surface area contributed by atoms with Crippen LogP contribution in [0.3, 0.4) is 0 Å². The molecule has 1 atom stereocenters. The first-order valence-corrected chi connectivity index (χ1v) is 3.24. The molecule has 4 nitrogen and oxygen atoms in total. The molecule has 58 valence electrons. The molecule has 1 aliphatic heterocycles. The van der Waals surface area contributed by atoms with E-state index in [1.54, 1.807) is 0 Å². The molecule has 3 N–H and O–H groups in total. The van der Waals surface area contributed by atoms with Gasteiger partial charge in [-0.25, -0.2) is 0 Å². The lowest BCUT2D eigenvalue weighted by atomic mass is 10.1. The van der Waals surface area contributed by atoms with Crippen molar-refractivity contribution in [3.05, 3.63) is 0 Å². The summed E-state index contributed by atoms with van der Waals surface area (Å²) in [5.74, 6) is -1.88. The fourth-order valence-electron chi connectivity index (χ4n) is 1.02. The van der Waals surface area contributed by atoms with Gasteiger partial charge in [-0.2, -0.15) is 0 Å². The monoisotopic (exact) mass is 145 g/mol. The number of amides is 1. The third-order valence-corrected chi connectivity index (χ3v) is 1.66. The third kappa shape index (κ3) is 1.46. The summed E-state index contributed by atoms with van der Waals surface area (Å²) < 4.78 is 0. The molecular formula is C6H11NO3. The average molecular weight is 145 g/mol. The summed E-state index contributed by atoms with van der Waals surface area (Å²) in [6, 6.07) is -0.500. The van der Waals surface area contributed by atoms with Gasteiger partial charge >= 0.3 is 0 Å². The highest BCUT2D eigenvalue weighted by Gasteiger charge is 2.34. The number of carbonyl (C=O) groups is 1. The van der Waals surface area contributed by atoms with Crippen molar-refractivity contribution in [2.75, 3.05) is 0 Å². The van der Waals surface area contributed by atoms with Gasteiger partial charge in [-0.15, -0.1) is 0 Å². The van der Waals surface area contributed by atoms with Crippen LogP contribution < -0.4 is 5.32 Å². The largest absolute Gasteiger partial charge is 0.364 e. The Morgan fingerprint density at radius 3 is 2.50 bits per heavy atom. The fourth-order valence-corrected chi connectivity index (χ4v) is 1.02. The number of carbonyl (C=O) groups excluding carboxylic acids is 1. The zero-order valence-corrected chi connectivity index (χ0v) is 5.79. The first-order valence-electron chi connectivity index (χ1n) is 3.24. The van der Waals surface area contributed by atoms with Crippen LogP contribution in [-0.4, -0.2) is 27.9 Å². The van der Waals surface area contributed by atoms with Gasteiger partial charge in [0.1, 0.15) is 0 Å². The van der Waals surface area contributed by atoms with E-state index in [1.807, 2.05) is 0 Å². The molecule has 1 amide bonds. The Bertz CT molecular complexity index is 150. The first-order chi connectivity index (χ1) is 4.50. The highest BCUT2D eigenvalue weighted by atomic mass is 16.5. The normalized spacial score (nSPS) is 26.7. The number of rotatable bonds is 1. The SMILES string of the molecule is CC(O)(O)C1CCC(=O)N1. The molecule has 1 fully saturated rings. The van der Waals surface area contributed by atoms with Crippen molar-refractivity contribution in [1.82, 2.24) is 5.32 Å². The second kappa shape index (κ2) is 2.21. The van der Waals surface area contributed by atoms with Gasteiger partial charge in [-0.1, -0.05) is 0 Å². The third-order valence-electron chi connectivity index (χ3n) is 1.66. The zero-order valence-electron chi connectivity index (χ0n) is 5.79. The van der Waals surface area contributed by atoms with Crippen LogP contribution in [0.15, 0.2) is 0 Å². The van der Waals surface area contributed by atoms with Crippen molar-refractivity contribution in [2.24, 2.45) is 0 Å². The highest BCUT2D eigenvalue weighted by molar-refractivity contribution is 5.78. The van der Waals surface area contributed by atoms with E-state index in [4.69, 9.17) is 10.2 Å². The summed E-state index contributed by atoms with van der Waals surface area (Å²) >= 11 is 0. The summed E-state index contributed by atoms with van der Waals surface area (Å²) in [5.41, 5.74) is 0. The van der Waals surface area contributed by atoms with Gasteiger partial charge in [0.2, 0.25) is 5.91 Å². The highest BCUT2D eigenvalue weighted by Crippen LogP contribution is 2.16. The van der Waals surface area contributed by atoms with E-state index in [9.17, 15) is 4.79 Å². The molecule has 1 unspecified atom stereocenters. The molecule has 1 heterocycles. The van der Waals surface area contributed by atoms with E-state index in [0.29, 0.717) is 12.8 Å². The van der Waals surface area contributed by atoms with Gasteiger partial charge in [-0.05, 0) is 13.3 Å². The molecule has 0 aliphatic carbocycles. The van der Waals surface area contributed by atoms with E-state index in [2.05, 4.69) is 5.32 Å². The van der Waals surface area contributed by atoms with Crippen LogP contribution in [0.1, 0.15) is 19.8 Å². The number of hydrogen-bond acceptors (Lipinski definition) is 3. The number of nitrogens with one attached hydrogen (secondary N) is 1. The quantitative estimate of drug-likeness (QED) is 0.413. The van der Waals surface area contributed by atoms with E-state index in [-0.39, 0.29) is 5.91 Å². The smallest absolute Gasteiger partial charge is 0.220 e. The number of aliphatic hydroxyl groups is 2. The lowest BCUT2D eigenvalue weighted by molar-refractivity contribution is -0.166. The molecule has 10 heavy (non-hydrogen) atoms. The topological polar surface area (TPSA) is 69.6 Å². The molecule has 0 aromatic rings. The minimum Gasteiger partial charge on any atom is -0.364 e. The second-order valence-corrected chi connectivity index (χ2v) is 2.75. The van der Waals surface area contributed by atoms with Crippen LogP contribution in [0.5, 0.6) is 0 Å². The first kappa shape index (κ1) is 7.50. The fraction of sp³-hybridized carbons (Fsp3) is 0.833. The zero-order chi connectivity index (χ0) is 7.78. The molecule has 0 aromatic heterocycles.